The Morgan fingerprint density at radius 2 is 2.06 bits per heavy atom. The number of rotatable bonds is 6. The number of ether oxygens (including phenoxy) is 1. The Morgan fingerprint density at radius 1 is 1.29 bits per heavy atom. The molecule has 0 saturated heterocycles. The van der Waals surface area contributed by atoms with Crippen LogP contribution >= 0.6 is 0 Å². The lowest BCUT2D eigenvalue weighted by Gasteiger charge is -2.61. The summed E-state index contributed by atoms with van der Waals surface area (Å²) >= 11 is 0. The number of benzene rings is 1. The van der Waals surface area contributed by atoms with E-state index in [0.29, 0.717) is 29.7 Å². The van der Waals surface area contributed by atoms with Crippen molar-refractivity contribution in [2.75, 3.05) is 6.61 Å². The monoisotopic (exact) mass is 426 g/mol. The van der Waals surface area contributed by atoms with Crippen LogP contribution in [0.2, 0.25) is 0 Å². The molecule has 2 N–H and O–H groups in total. The number of hydrogen-bond donors (Lipinski definition) is 2. The van der Waals surface area contributed by atoms with Crippen molar-refractivity contribution < 1.29 is 24.1 Å². The normalized spacial score (nSPS) is 35.7. The second-order valence-corrected chi connectivity index (χ2v) is 10.2. The van der Waals surface area contributed by atoms with Gasteiger partial charge in [-0.05, 0) is 67.8 Å². The van der Waals surface area contributed by atoms with Gasteiger partial charge in [0.15, 0.2) is 0 Å². The summed E-state index contributed by atoms with van der Waals surface area (Å²) in [6.07, 6.45) is 8.23. The summed E-state index contributed by atoms with van der Waals surface area (Å²) in [6, 6.07) is 4.89. The highest BCUT2D eigenvalue weighted by atomic mass is 19.1. The van der Waals surface area contributed by atoms with Crippen molar-refractivity contribution in [2.45, 2.75) is 56.8 Å². The molecule has 2 heterocycles. The fourth-order valence-corrected chi connectivity index (χ4v) is 7.58. The van der Waals surface area contributed by atoms with Crippen LogP contribution in [0.3, 0.4) is 0 Å². The van der Waals surface area contributed by atoms with E-state index >= 15 is 0 Å². The van der Waals surface area contributed by atoms with Gasteiger partial charge in [-0.3, -0.25) is 0 Å². The lowest BCUT2D eigenvalue weighted by atomic mass is 9.46. The predicted octanol–water partition coefficient (Wildman–Crippen LogP) is 3.64. The van der Waals surface area contributed by atoms with Gasteiger partial charge in [0, 0.05) is 11.1 Å². The Hall–Kier alpha value is -2.25. The molecule has 7 heteroatoms. The highest BCUT2D eigenvalue weighted by molar-refractivity contribution is 5.69. The number of aliphatic carboxylic acids is 1. The van der Waals surface area contributed by atoms with Crippen LogP contribution < -0.4 is 0 Å². The van der Waals surface area contributed by atoms with E-state index in [9.17, 15) is 14.3 Å². The molecular weight excluding hydrogens is 399 g/mol. The minimum absolute atomic E-state index is 0.0159. The lowest BCUT2D eigenvalue weighted by molar-refractivity contribution is -0.194. The van der Waals surface area contributed by atoms with Gasteiger partial charge in [0.05, 0.1) is 36.5 Å². The number of aliphatic hydroxyl groups excluding tert-OH is 1. The number of hydrogen-bond acceptors (Lipinski definition) is 4. The maximum Gasteiger partial charge on any atom is 0.329 e. The number of aliphatic hydroxyl groups is 1. The van der Waals surface area contributed by atoms with Gasteiger partial charge >= 0.3 is 5.97 Å². The highest BCUT2D eigenvalue weighted by Gasteiger charge is 2.58. The molecule has 4 atom stereocenters. The molecule has 1 aromatic carbocycles. The Morgan fingerprint density at radius 3 is 2.81 bits per heavy atom. The summed E-state index contributed by atoms with van der Waals surface area (Å²) in [6.45, 7) is -0.251. The fourth-order valence-electron chi connectivity index (χ4n) is 7.58. The summed E-state index contributed by atoms with van der Waals surface area (Å²) in [4.78, 5) is 15.3. The Bertz CT molecular complexity index is 1020. The number of carboxylic acids is 1. The SMILES string of the molecule is O=C(O)COC1C2CC3CC1CC(C(O)CC1c4c(F)cccc4-c4cncn41)(C3)C2. The Kier molecular flexibility index (Phi) is 4.31. The number of halogens is 1. The van der Waals surface area contributed by atoms with Crippen molar-refractivity contribution in [3.8, 4) is 11.3 Å². The van der Waals surface area contributed by atoms with Crippen LogP contribution in [0.15, 0.2) is 30.7 Å². The quantitative estimate of drug-likeness (QED) is 0.737. The highest BCUT2D eigenvalue weighted by Crippen LogP contribution is 2.63. The minimum Gasteiger partial charge on any atom is -0.480 e. The number of aromatic nitrogens is 2. The standard InChI is InChI=1S/C24H27FN2O4/c25-17-3-1-2-16-19-10-26-12-27(19)18(22(16)17)6-20(28)24-7-13-4-14(8-24)23(15(5-13)9-24)31-11-21(29)30/h1-3,10,12-15,18,20,23,28H,4-9,11H2,(H,29,30). The smallest absolute Gasteiger partial charge is 0.329 e. The summed E-state index contributed by atoms with van der Waals surface area (Å²) in [5, 5.41) is 20.6. The average Bonchev–Trinajstić information content (AvgIpc) is 3.30. The number of carboxylic acid groups (broad SMARTS) is 1. The second kappa shape index (κ2) is 6.87. The molecule has 5 aliphatic rings. The molecule has 4 saturated carbocycles. The van der Waals surface area contributed by atoms with Crippen molar-refractivity contribution in [2.24, 2.45) is 23.2 Å². The van der Waals surface area contributed by atoms with Crippen LogP contribution in [-0.4, -0.2) is 44.5 Å². The molecule has 1 aliphatic heterocycles. The van der Waals surface area contributed by atoms with E-state index in [2.05, 4.69) is 4.98 Å². The van der Waals surface area contributed by atoms with Crippen molar-refractivity contribution in [1.29, 1.82) is 0 Å². The van der Waals surface area contributed by atoms with E-state index in [1.165, 1.54) is 6.07 Å². The summed E-state index contributed by atoms with van der Waals surface area (Å²) in [5.41, 5.74) is 2.24. The van der Waals surface area contributed by atoms with Crippen LogP contribution in [0.5, 0.6) is 0 Å². The van der Waals surface area contributed by atoms with Crippen LogP contribution in [0.4, 0.5) is 4.39 Å². The summed E-state index contributed by atoms with van der Waals surface area (Å²) in [7, 11) is 0. The molecule has 31 heavy (non-hydrogen) atoms. The maximum absolute atomic E-state index is 14.8. The molecule has 0 radical (unpaired) electrons. The third-order valence-corrected chi connectivity index (χ3v) is 8.45. The van der Waals surface area contributed by atoms with E-state index in [4.69, 9.17) is 9.84 Å². The van der Waals surface area contributed by atoms with Crippen molar-refractivity contribution in [3.63, 3.8) is 0 Å². The van der Waals surface area contributed by atoms with Gasteiger partial charge in [0.2, 0.25) is 0 Å². The Labute approximate surface area is 180 Å². The molecule has 0 amide bonds. The summed E-state index contributed by atoms with van der Waals surface area (Å²) < 4.78 is 22.6. The van der Waals surface area contributed by atoms with Gasteiger partial charge in [-0.1, -0.05) is 12.1 Å². The zero-order chi connectivity index (χ0) is 21.3. The van der Waals surface area contributed by atoms with Crippen LogP contribution in [0.1, 0.15) is 50.1 Å². The van der Waals surface area contributed by atoms with E-state index in [-0.39, 0.29) is 30.0 Å². The van der Waals surface area contributed by atoms with Crippen molar-refractivity contribution in [3.05, 3.63) is 42.1 Å². The first-order valence-electron chi connectivity index (χ1n) is 11.3. The topological polar surface area (TPSA) is 84.6 Å². The molecule has 4 unspecified atom stereocenters. The molecule has 0 spiro atoms. The number of carbonyl (C=O) groups is 1. The van der Waals surface area contributed by atoms with Crippen LogP contribution in [0.25, 0.3) is 11.3 Å². The zero-order valence-electron chi connectivity index (χ0n) is 17.3. The molecule has 4 aliphatic carbocycles. The molecular formula is C24H27FN2O4. The molecule has 2 aromatic rings. The Balaban J connectivity index is 1.26. The minimum atomic E-state index is -0.929. The van der Waals surface area contributed by atoms with Gasteiger partial charge in [-0.15, -0.1) is 0 Å². The number of nitrogens with zero attached hydrogens (tertiary/aromatic N) is 2. The maximum atomic E-state index is 14.8. The predicted molar refractivity (Wildman–Crippen MR) is 110 cm³/mol. The molecule has 4 fully saturated rings. The summed E-state index contributed by atoms with van der Waals surface area (Å²) in [5.74, 6) is 0.00853. The van der Waals surface area contributed by atoms with Crippen LogP contribution in [0, 0.1) is 29.0 Å². The first-order chi connectivity index (χ1) is 14.9. The van der Waals surface area contributed by atoms with Gasteiger partial charge in [-0.25, -0.2) is 14.2 Å². The van der Waals surface area contributed by atoms with E-state index in [1.54, 1.807) is 18.6 Å². The van der Waals surface area contributed by atoms with E-state index < -0.39 is 12.1 Å². The zero-order valence-corrected chi connectivity index (χ0v) is 17.3. The van der Waals surface area contributed by atoms with E-state index in [1.807, 2.05) is 10.6 Å². The third kappa shape index (κ3) is 2.89. The molecule has 6 nitrogen and oxygen atoms in total. The fraction of sp³-hybridized carbons (Fsp3) is 0.583. The average molecular weight is 426 g/mol. The molecule has 4 bridgehead atoms. The van der Waals surface area contributed by atoms with Crippen molar-refractivity contribution in [1.82, 2.24) is 9.55 Å². The largest absolute Gasteiger partial charge is 0.480 e. The van der Waals surface area contributed by atoms with Crippen molar-refractivity contribution >= 4 is 5.97 Å². The van der Waals surface area contributed by atoms with Crippen LogP contribution in [-0.2, 0) is 9.53 Å². The van der Waals surface area contributed by atoms with Gasteiger partial charge in [-0.2, -0.15) is 0 Å². The first-order valence-corrected chi connectivity index (χ1v) is 11.3. The molecule has 164 valence electrons. The third-order valence-electron chi connectivity index (χ3n) is 8.45. The van der Waals surface area contributed by atoms with Gasteiger partial charge in [0.25, 0.3) is 0 Å². The lowest BCUT2D eigenvalue weighted by Crippen LogP contribution is -2.58. The molecule has 1 aromatic heterocycles. The molecule has 7 rings (SSSR count). The first kappa shape index (κ1) is 19.4. The van der Waals surface area contributed by atoms with E-state index in [0.717, 1.165) is 43.4 Å². The number of fused-ring (bicyclic) bond motifs is 3. The van der Waals surface area contributed by atoms with Gasteiger partial charge in [0.1, 0.15) is 12.4 Å². The second-order valence-electron chi connectivity index (χ2n) is 10.2. The number of imidazole rings is 1. The van der Waals surface area contributed by atoms with Gasteiger partial charge < -0.3 is 19.5 Å².